The second-order valence-corrected chi connectivity index (χ2v) is 8.89. The van der Waals surface area contributed by atoms with Gasteiger partial charge < -0.3 is 10.2 Å². The zero-order valence-corrected chi connectivity index (χ0v) is 19.4. The fraction of sp³-hybridized carbons (Fsp3) is 0.522. The summed E-state index contributed by atoms with van der Waals surface area (Å²) in [5, 5.41) is 7.68. The SMILES string of the molecule is CCCCCN(CC(=O)Nc1cc(C(C)(C)C)nn1-c1cccc(C)c1)C(=O)CCl. The molecule has 0 saturated heterocycles. The molecular weight excluding hydrogens is 400 g/mol. The molecule has 0 bridgehead atoms. The number of amides is 2. The summed E-state index contributed by atoms with van der Waals surface area (Å²) >= 11 is 5.74. The van der Waals surface area contributed by atoms with Crippen molar-refractivity contribution in [2.24, 2.45) is 0 Å². The summed E-state index contributed by atoms with van der Waals surface area (Å²) < 4.78 is 1.75. The van der Waals surface area contributed by atoms with Crippen LogP contribution in [0.3, 0.4) is 0 Å². The molecule has 0 spiro atoms. The normalized spacial score (nSPS) is 11.4. The van der Waals surface area contributed by atoms with E-state index in [1.165, 1.54) is 4.90 Å². The number of carbonyl (C=O) groups excluding carboxylic acids is 2. The minimum absolute atomic E-state index is 0.0287. The zero-order valence-electron chi connectivity index (χ0n) is 18.7. The molecule has 0 aliphatic heterocycles. The first kappa shape index (κ1) is 23.9. The van der Waals surface area contributed by atoms with E-state index in [0.717, 1.165) is 36.2 Å². The third-order valence-electron chi connectivity index (χ3n) is 4.82. The van der Waals surface area contributed by atoms with Crippen LogP contribution in [0.2, 0.25) is 0 Å². The van der Waals surface area contributed by atoms with Crippen LogP contribution in [0.4, 0.5) is 5.82 Å². The number of nitrogens with one attached hydrogen (secondary N) is 1. The number of hydrogen-bond donors (Lipinski definition) is 1. The minimum Gasteiger partial charge on any atom is -0.332 e. The van der Waals surface area contributed by atoms with Crippen molar-refractivity contribution < 1.29 is 9.59 Å². The van der Waals surface area contributed by atoms with Crippen molar-refractivity contribution in [1.29, 1.82) is 0 Å². The fourth-order valence-electron chi connectivity index (χ4n) is 3.08. The Hall–Kier alpha value is -2.34. The van der Waals surface area contributed by atoms with Gasteiger partial charge in [0, 0.05) is 18.0 Å². The molecule has 0 radical (unpaired) electrons. The number of hydrogen-bond acceptors (Lipinski definition) is 3. The molecule has 2 aromatic rings. The van der Waals surface area contributed by atoms with Gasteiger partial charge in [-0.3, -0.25) is 9.59 Å². The van der Waals surface area contributed by atoms with Gasteiger partial charge in [0.25, 0.3) is 0 Å². The maximum absolute atomic E-state index is 12.8. The highest BCUT2D eigenvalue weighted by Gasteiger charge is 2.23. The van der Waals surface area contributed by atoms with E-state index in [-0.39, 0.29) is 29.7 Å². The van der Waals surface area contributed by atoms with Crippen molar-refractivity contribution in [3.05, 3.63) is 41.6 Å². The lowest BCUT2D eigenvalue weighted by atomic mass is 9.92. The van der Waals surface area contributed by atoms with Crippen LogP contribution < -0.4 is 5.32 Å². The van der Waals surface area contributed by atoms with Crippen molar-refractivity contribution in [3.8, 4) is 5.69 Å². The van der Waals surface area contributed by atoms with Crippen LogP contribution in [0, 0.1) is 6.92 Å². The van der Waals surface area contributed by atoms with E-state index >= 15 is 0 Å². The van der Waals surface area contributed by atoms with Gasteiger partial charge in [-0.05, 0) is 31.0 Å². The summed E-state index contributed by atoms with van der Waals surface area (Å²) in [6, 6.07) is 9.84. The second-order valence-electron chi connectivity index (χ2n) is 8.62. The monoisotopic (exact) mass is 432 g/mol. The number of nitrogens with zero attached hydrogens (tertiary/aromatic N) is 3. The van der Waals surface area contributed by atoms with Crippen molar-refractivity contribution in [1.82, 2.24) is 14.7 Å². The van der Waals surface area contributed by atoms with E-state index in [1.807, 2.05) is 37.3 Å². The standard InChI is InChI=1S/C23H33ClN4O2/c1-6-7-8-12-27(22(30)15-24)16-21(29)25-20-14-19(23(3,4)5)26-28(20)18-11-9-10-17(2)13-18/h9-11,13-14H,6-8,12,15-16H2,1-5H3,(H,25,29). The summed E-state index contributed by atoms with van der Waals surface area (Å²) in [4.78, 5) is 26.5. The lowest BCUT2D eigenvalue weighted by Gasteiger charge is -2.21. The van der Waals surface area contributed by atoms with Crippen LogP contribution in [0.1, 0.15) is 58.2 Å². The Balaban J connectivity index is 2.26. The molecule has 0 aliphatic rings. The van der Waals surface area contributed by atoms with Gasteiger partial charge in [-0.1, -0.05) is 52.7 Å². The predicted octanol–water partition coefficient (Wildman–Crippen LogP) is 4.67. The molecular formula is C23H33ClN4O2. The Kier molecular flexibility index (Phi) is 8.47. The highest BCUT2D eigenvalue weighted by Crippen LogP contribution is 2.26. The van der Waals surface area contributed by atoms with Gasteiger partial charge >= 0.3 is 0 Å². The van der Waals surface area contributed by atoms with E-state index in [9.17, 15) is 9.59 Å². The van der Waals surface area contributed by atoms with Crippen molar-refractivity contribution >= 4 is 29.2 Å². The van der Waals surface area contributed by atoms with E-state index < -0.39 is 0 Å². The number of aryl methyl sites for hydroxylation is 1. The van der Waals surface area contributed by atoms with Crippen LogP contribution in [-0.4, -0.2) is 45.5 Å². The average molecular weight is 433 g/mol. The molecule has 7 heteroatoms. The highest BCUT2D eigenvalue weighted by atomic mass is 35.5. The van der Waals surface area contributed by atoms with Crippen LogP contribution in [0.15, 0.2) is 30.3 Å². The maximum Gasteiger partial charge on any atom is 0.245 e. The molecule has 0 fully saturated rings. The third kappa shape index (κ3) is 6.59. The van der Waals surface area contributed by atoms with E-state index in [0.29, 0.717) is 12.4 Å². The van der Waals surface area contributed by atoms with Crippen molar-refractivity contribution in [2.45, 2.75) is 59.3 Å². The lowest BCUT2D eigenvalue weighted by molar-refractivity contribution is -0.132. The Morgan fingerprint density at radius 1 is 1.20 bits per heavy atom. The Labute approximate surface area is 184 Å². The Bertz CT molecular complexity index is 870. The fourth-order valence-corrected chi connectivity index (χ4v) is 3.25. The van der Waals surface area contributed by atoms with Crippen molar-refractivity contribution in [2.75, 3.05) is 24.3 Å². The van der Waals surface area contributed by atoms with Crippen molar-refractivity contribution in [3.63, 3.8) is 0 Å². The van der Waals surface area contributed by atoms with Gasteiger partial charge in [-0.25, -0.2) is 4.68 Å². The van der Waals surface area contributed by atoms with E-state index in [4.69, 9.17) is 16.7 Å². The molecule has 1 heterocycles. The van der Waals surface area contributed by atoms with E-state index in [1.54, 1.807) is 4.68 Å². The predicted molar refractivity (Wildman–Crippen MR) is 122 cm³/mol. The van der Waals surface area contributed by atoms with Gasteiger partial charge in [0.2, 0.25) is 11.8 Å². The summed E-state index contributed by atoms with van der Waals surface area (Å²) in [7, 11) is 0. The number of benzene rings is 1. The number of unbranched alkanes of at least 4 members (excludes halogenated alkanes) is 2. The molecule has 1 aromatic carbocycles. The molecule has 0 saturated carbocycles. The first-order valence-corrected chi connectivity index (χ1v) is 11.0. The molecule has 0 atom stereocenters. The topological polar surface area (TPSA) is 67.2 Å². The number of anilines is 1. The third-order valence-corrected chi connectivity index (χ3v) is 5.05. The quantitative estimate of drug-likeness (QED) is 0.462. The number of aromatic nitrogens is 2. The lowest BCUT2D eigenvalue weighted by Crippen LogP contribution is -2.39. The van der Waals surface area contributed by atoms with Crippen LogP contribution in [0.5, 0.6) is 0 Å². The molecule has 0 aliphatic carbocycles. The first-order chi connectivity index (χ1) is 14.2. The van der Waals surface area contributed by atoms with Gasteiger partial charge in [0.05, 0.1) is 17.9 Å². The highest BCUT2D eigenvalue weighted by molar-refractivity contribution is 6.27. The Morgan fingerprint density at radius 2 is 1.93 bits per heavy atom. The summed E-state index contributed by atoms with van der Waals surface area (Å²) in [5.41, 5.74) is 2.68. The van der Waals surface area contributed by atoms with Gasteiger partial charge in [-0.2, -0.15) is 5.10 Å². The molecule has 164 valence electrons. The summed E-state index contributed by atoms with van der Waals surface area (Å²) in [6.07, 6.45) is 2.89. The molecule has 1 aromatic heterocycles. The number of rotatable bonds is 9. The Morgan fingerprint density at radius 3 is 2.53 bits per heavy atom. The second kappa shape index (κ2) is 10.6. The number of alkyl halides is 1. The zero-order chi connectivity index (χ0) is 22.3. The first-order valence-electron chi connectivity index (χ1n) is 10.5. The van der Waals surface area contributed by atoms with Crippen LogP contribution in [-0.2, 0) is 15.0 Å². The number of carbonyl (C=O) groups is 2. The molecule has 2 amide bonds. The molecule has 0 unspecified atom stereocenters. The smallest absolute Gasteiger partial charge is 0.245 e. The van der Waals surface area contributed by atoms with Gasteiger partial charge in [0.15, 0.2) is 0 Å². The van der Waals surface area contributed by atoms with Gasteiger partial charge in [0.1, 0.15) is 11.7 Å². The summed E-state index contributed by atoms with van der Waals surface area (Å²) in [6.45, 7) is 10.8. The largest absolute Gasteiger partial charge is 0.332 e. The molecule has 30 heavy (non-hydrogen) atoms. The van der Waals surface area contributed by atoms with Crippen LogP contribution >= 0.6 is 11.6 Å². The minimum atomic E-state index is -0.265. The number of halogens is 1. The molecule has 1 N–H and O–H groups in total. The average Bonchev–Trinajstić information content (AvgIpc) is 3.11. The van der Waals surface area contributed by atoms with Gasteiger partial charge in [-0.15, -0.1) is 11.6 Å². The van der Waals surface area contributed by atoms with E-state index in [2.05, 4.69) is 33.0 Å². The summed E-state index contributed by atoms with van der Waals surface area (Å²) in [5.74, 6) is -0.0403. The maximum atomic E-state index is 12.8. The van der Waals surface area contributed by atoms with Crippen LogP contribution in [0.25, 0.3) is 5.69 Å². The molecule has 2 rings (SSSR count). The molecule has 6 nitrogen and oxygen atoms in total.